The Labute approximate surface area is 143 Å². The number of ether oxygens (including phenoxy) is 1. The molecule has 0 saturated carbocycles. The van der Waals surface area contributed by atoms with Crippen LogP contribution in [0.1, 0.15) is 31.1 Å². The molecule has 128 valence electrons. The van der Waals surface area contributed by atoms with Gasteiger partial charge < -0.3 is 15.4 Å². The Morgan fingerprint density at radius 2 is 1.88 bits per heavy atom. The minimum Gasteiger partial charge on any atom is -0.448 e. The summed E-state index contributed by atoms with van der Waals surface area (Å²) in [5.41, 5.74) is 1.95. The minimum absolute atomic E-state index is 0.174. The number of nitrogens with zero attached hydrogens (tertiary/aromatic N) is 1. The third kappa shape index (κ3) is 6.38. The monoisotopic (exact) mass is 327 g/mol. The van der Waals surface area contributed by atoms with Gasteiger partial charge in [-0.1, -0.05) is 50.2 Å². The number of carbonyl (C=O) groups excluding carboxylic acids is 1. The molecule has 2 N–H and O–H groups in total. The van der Waals surface area contributed by atoms with Crippen LogP contribution in [0, 0.1) is 0 Å². The second kappa shape index (κ2) is 9.67. The molecule has 0 spiro atoms. The van der Waals surface area contributed by atoms with Crippen molar-refractivity contribution < 1.29 is 9.53 Å². The minimum atomic E-state index is -0.412. The molecule has 1 aromatic heterocycles. The summed E-state index contributed by atoms with van der Waals surface area (Å²) in [5.74, 6) is 0. The number of amides is 1. The standard InChI is InChI=1S/C19H25N3O2/c1-15(2)20-12-13-24-19(23)22-18(16-8-4-3-5-9-16)14-17-10-6-7-11-21-17/h3-11,15,18,20H,12-14H2,1-2H3,(H,22,23). The molecule has 0 fully saturated rings. The molecular formula is C19H25N3O2. The summed E-state index contributed by atoms with van der Waals surface area (Å²) in [6.45, 7) is 5.09. The summed E-state index contributed by atoms with van der Waals surface area (Å²) in [7, 11) is 0. The van der Waals surface area contributed by atoms with Crippen LogP contribution < -0.4 is 10.6 Å². The summed E-state index contributed by atoms with van der Waals surface area (Å²) in [4.78, 5) is 16.4. The molecule has 1 aromatic carbocycles. The highest BCUT2D eigenvalue weighted by atomic mass is 16.5. The van der Waals surface area contributed by atoms with E-state index in [1.807, 2.05) is 48.5 Å². The van der Waals surface area contributed by atoms with Gasteiger partial charge in [-0.3, -0.25) is 4.98 Å². The molecule has 0 radical (unpaired) electrons. The van der Waals surface area contributed by atoms with E-state index < -0.39 is 6.09 Å². The van der Waals surface area contributed by atoms with E-state index in [1.54, 1.807) is 6.20 Å². The SMILES string of the molecule is CC(C)NCCOC(=O)NC(Cc1ccccn1)c1ccccc1. The van der Waals surface area contributed by atoms with Crippen molar-refractivity contribution in [3.05, 3.63) is 66.0 Å². The molecule has 0 aliphatic heterocycles. The molecular weight excluding hydrogens is 302 g/mol. The zero-order valence-corrected chi connectivity index (χ0v) is 14.2. The first kappa shape index (κ1) is 17.9. The van der Waals surface area contributed by atoms with E-state index in [-0.39, 0.29) is 6.04 Å². The zero-order chi connectivity index (χ0) is 17.2. The van der Waals surface area contributed by atoms with Gasteiger partial charge in [-0.2, -0.15) is 0 Å². The van der Waals surface area contributed by atoms with Crippen LogP contribution in [0.4, 0.5) is 4.79 Å². The van der Waals surface area contributed by atoms with E-state index in [4.69, 9.17) is 4.74 Å². The molecule has 5 nitrogen and oxygen atoms in total. The van der Waals surface area contributed by atoms with Gasteiger partial charge in [0.25, 0.3) is 0 Å². The second-order valence-electron chi connectivity index (χ2n) is 5.88. The van der Waals surface area contributed by atoms with Gasteiger partial charge in [0, 0.05) is 30.9 Å². The van der Waals surface area contributed by atoms with Gasteiger partial charge in [0.2, 0.25) is 0 Å². The molecule has 1 heterocycles. The van der Waals surface area contributed by atoms with Crippen LogP contribution in [0.5, 0.6) is 0 Å². The van der Waals surface area contributed by atoms with Crippen LogP contribution in [0.2, 0.25) is 0 Å². The zero-order valence-electron chi connectivity index (χ0n) is 14.2. The van der Waals surface area contributed by atoms with Gasteiger partial charge in [-0.15, -0.1) is 0 Å². The highest BCUT2D eigenvalue weighted by Crippen LogP contribution is 2.17. The van der Waals surface area contributed by atoms with Crippen molar-refractivity contribution in [1.29, 1.82) is 0 Å². The van der Waals surface area contributed by atoms with Crippen molar-refractivity contribution >= 4 is 6.09 Å². The first-order chi connectivity index (χ1) is 11.6. The lowest BCUT2D eigenvalue weighted by Crippen LogP contribution is -2.33. The van der Waals surface area contributed by atoms with E-state index in [0.29, 0.717) is 25.6 Å². The van der Waals surface area contributed by atoms with E-state index in [0.717, 1.165) is 11.3 Å². The van der Waals surface area contributed by atoms with E-state index in [9.17, 15) is 4.79 Å². The molecule has 1 atom stereocenters. The van der Waals surface area contributed by atoms with Gasteiger partial charge in [0.1, 0.15) is 6.61 Å². The van der Waals surface area contributed by atoms with Gasteiger partial charge in [-0.05, 0) is 17.7 Å². The highest BCUT2D eigenvalue weighted by molar-refractivity contribution is 5.68. The van der Waals surface area contributed by atoms with Crippen LogP contribution in [0.25, 0.3) is 0 Å². The van der Waals surface area contributed by atoms with Gasteiger partial charge in [-0.25, -0.2) is 4.79 Å². The van der Waals surface area contributed by atoms with Crippen molar-refractivity contribution in [2.24, 2.45) is 0 Å². The molecule has 0 aliphatic carbocycles. The van der Waals surface area contributed by atoms with Crippen molar-refractivity contribution in [2.75, 3.05) is 13.2 Å². The van der Waals surface area contributed by atoms with E-state index >= 15 is 0 Å². The Bertz CT molecular complexity index is 603. The summed E-state index contributed by atoms with van der Waals surface area (Å²) < 4.78 is 5.25. The van der Waals surface area contributed by atoms with Crippen molar-refractivity contribution in [1.82, 2.24) is 15.6 Å². The fourth-order valence-corrected chi connectivity index (χ4v) is 2.34. The smallest absolute Gasteiger partial charge is 0.407 e. The first-order valence-corrected chi connectivity index (χ1v) is 8.26. The number of alkyl carbamates (subject to hydrolysis) is 1. The summed E-state index contributed by atoms with van der Waals surface area (Å²) in [5, 5.41) is 6.15. The van der Waals surface area contributed by atoms with Gasteiger partial charge in [0.15, 0.2) is 0 Å². The Hall–Kier alpha value is -2.40. The number of rotatable bonds is 8. The van der Waals surface area contributed by atoms with Crippen LogP contribution in [0.3, 0.4) is 0 Å². The summed E-state index contributed by atoms with van der Waals surface area (Å²) in [6.07, 6.45) is 1.96. The molecule has 1 unspecified atom stereocenters. The topological polar surface area (TPSA) is 63.2 Å². The Morgan fingerprint density at radius 1 is 1.12 bits per heavy atom. The largest absolute Gasteiger partial charge is 0.448 e. The second-order valence-corrected chi connectivity index (χ2v) is 5.88. The maximum Gasteiger partial charge on any atom is 0.407 e. The number of hydrogen-bond acceptors (Lipinski definition) is 4. The van der Waals surface area contributed by atoms with Gasteiger partial charge in [0.05, 0.1) is 6.04 Å². The lowest BCUT2D eigenvalue weighted by atomic mass is 10.0. The lowest BCUT2D eigenvalue weighted by Gasteiger charge is -2.19. The Kier molecular flexibility index (Phi) is 7.23. The Balaban J connectivity index is 1.94. The first-order valence-electron chi connectivity index (χ1n) is 8.26. The number of pyridine rings is 1. The fourth-order valence-electron chi connectivity index (χ4n) is 2.34. The molecule has 2 rings (SSSR count). The quantitative estimate of drug-likeness (QED) is 0.731. The lowest BCUT2D eigenvalue weighted by molar-refractivity contribution is 0.142. The molecule has 1 amide bonds. The fraction of sp³-hybridized carbons (Fsp3) is 0.368. The van der Waals surface area contributed by atoms with E-state index in [1.165, 1.54) is 0 Å². The predicted molar refractivity (Wildman–Crippen MR) is 94.7 cm³/mol. The molecule has 5 heteroatoms. The maximum absolute atomic E-state index is 12.1. The average Bonchev–Trinajstić information content (AvgIpc) is 2.60. The number of aromatic nitrogens is 1. The maximum atomic E-state index is 12.1. The van der Waals surface area contributed by atoms with Crippen molar-refractivity contribution in [3.63, 3.8) is 0 Å². The summed E-state index contributed by atoms with van der Waals surface area (Å²) in [6, 6.07) is 15.8. The molecule has 0 bridgehead atoms. The average molecular weight is 327 g/mol. The number of benzene rings is 1. The predicted octanol–water partition coefficient (Wildman–Crippen LogP) is 3.09. The van der Waals surface area contributed by atoms with Crippen LogP contribution in [0.15, 0.2) is 54.7 Å². The molecule has 0 aliphatic rings. The van der Waals surface area contributed by atoms with Crippen LogP contribution >= 0.6 is 0 Å². The van der Waals surface area contributed by atoms with Crippen LogP contribution in [-0.4, -0.2) is 30.3 Å². The number of hydrogen-bond donors (Lipinski definition) is 2. The van der Waals surface area contributed by atoms with Crippen LogP contribution in [-0.2, 0) is 11.2 Å². The van der Waals surface area contributed by atoms with E-state index in [2.05, 4.69) is 29.5 Å². The summed E-state index contributed by atoms with van der Waals surface area (Å²) >= 11 is 0. The number of nitrogens with one attached hydrogen (secondary N) is 2. The third-order valence-corrected chi connectivity index (χ3v) is 3.52. The molecule has 0 saturated heterocycles. The highest BCUT2D eigenvalue weighted by Gasteiger charge is 2.16. The molecule has 24 heavy (non-hydrogen) atoms. The van der Waals surface area contributed by atoms with Crippen molar-refractivity contribution in [2.45, 2.75) is 32.4 Å². The molecule has 2 aromatic rings. The van der Waals surface area contributed by atoms with Crippen molar-refractivity contribution in [3.8, 4) is 0 Å². The normalized spacial score (nSPS) is 12.0. The Morgan fingerprint density at radius 3 is 2.54 bits per heavy atom. The third-order valence-electron chi connectivity index (χ3n) is 3.52. The van der Waals surface area contributed by atoms with Gasteiger partial charge >= 0.3 is 6.09 Å². The number of carbonyl (C=O) groups is 1.